The predicted molar refractivity (Wildman–Crippen MR) is 64.1 cm³/mol. The van der Waals surface area contributed by atoms with Crippen molar-refractivity contribution in [1.29, 1.82) is 0 Å². The minimum Gasteiger partial charge on any atom is -0.493 e. The average Bonchev–Trinajstić information content (AvgIpc) is 2.85. The van der Waals surface area contributed by atoms with E-state index < -0.39 is 5.69 Å². The summed E-state index contributed by atoms with van der Waals surface area (Å²) in [6, 6.07) is 9.95. The van der Waals surface area contributed by atoms with Crippen LogP contribution in [-0.2, 0) is 6.54 Å². The molecule has 5 nitrogen and oxygen atoms in total. The van der Waals surface area contributed by atoms with Crippen molar-refractivity contribution in [3.63, 3.8) is 0 Å². The van der Waals surface area contributed by atoms with Gasteiger partial charge in [-0.15, -0.1) is 0 Å². The Kier molecular flexibility index (Phi) is 2.04. The van der Waals surface area contributed by atoms with E-state index in [-0.39, 0.29) is 5.88 Å². The first kappa shape index (κ1) is 9.77. The molecule has 0 radical (unpaired) electrons. The van der Waals surface area contributed by atoms with Crippen molar-refractivity contribution in [3.8, 4) is 5.88 Å². The van der Waals surface area contributed by atoms with Crippen molar-refractivity contribution < 1.29 is 5.11 Å². The van der Waals surface area contributed by atoms with Crippen LogP contribution in [0.2, 0.25) is 0 Å². The third kappa shape index (κ3) is 1.61. The highest BCUT2D eigenvalue weighted by atomic mass is 16.3. The van der Waals surface area contributed by atoms with Crippen LogP contribution < -0.4 is 5.69 Å². The maximum atomic E-state index is 11.0. The summed E-state index contributed by atoms with van der Waals surface area (Å²) in [4.78, 5) is 15.9. The molecule has 0 bridgehead atoms. The predicted octanol–water partition coefficient (Wildman–Crippen LogP) is 1.41. The van der Waals surface area contributed by atoms with Gasteiger partial charge < -0.3 is 14.7 Å². The Morgan fingerprint density at radius 3 is 2.76 bits per heavy atom. The van der Waals surface area contributed by atoms with E-state index in [1.54, 1.807) is 0 Å². The zero-order chi connectivity index (χ0) is 11.8. The fraction of sp³-hybridized carbons (Fsp3) is 0.0833. The topological polar surface area (TPSA) is 73.8 Å². The van der Waals surface area contributed by atoms with Crippen LogP contribution in [0.25, 0.3) is 10.9 Å². The molecule has 0 fully saturated rings. The Morgan fingerprint density at radius 1 is 1.18 bits per heavy atom. The monoisotopic (exact) mass is 229 g/mol. The minimum absolute atomic E-state index is 0.104. The van der Waals surface area contributed by atoms with Crippen molar-refractivity contribution in [2.75, 3.05) is 0 Å². The highest BCUT2D eigenvalue weighted by Gasteiger charge is 2.07. The number of benzene rings is 1. The van der Waals surface area contributed by atoms with Gasteiger partial charge in [-0.05, 0) is 17.5 Å². The van der Waals surface area contributed by atoms with Gasteiger partial charge in [-0.3, -0.25) is 4.98 Å². The number of aromatic nitrogens is 3. The molecule has 0 saturated heterocycles. The van der Waals surface area contributed by atoms with Gasteiger partial charge in [0.05, 0.1) is 12.2 Å². The Hall–Kier alpha value is -2.43. The van der Waals surface area contributed by atoms with Crippen LogP contribution in [0.5, 0.6) is 5.88 Å². The molecule has 0 atom stereocenters. The summed E-state index contributed by atoms with van der Waals surface area (Å²) in [5.41, 5.74) is 1.15. The van der Waals surface area contributed by atoms with E-state index in [9.17, 15) is 9.90 Å². The first-order valence-corrected chi connectivity index (χ1v) is 5.28. The molecule has 86 valence electrons. The zero-order valence-corrected chi connectivity index (χ0v) is 8.97. The van der Waals surface area contributed by atoms with Crippen LogP contribution in [0.1, 0.15) is 5.69 Å². The Labute approximate surface area is 96.3 Å². The number of H-pyrrole nitrogens is 2. The second kappa shape index (κ2) is 3.55. The molecule has 0 aliphatic carbocycles. The lowest BCUT2D eigenvalue weighted by Crippen LogP contribution is -2.03. The first-order valence-electron chi connectivity index (χ1n) is 5.28. The molecule has 0 saturated carbocycles. The van der Waals surface area contributed by atoms with Crippen LogP contribution in [0.3, 0.4) is 0 Å². The fourth-order valence-electron chi connectivity index (χ4n) is 1.97. The second-order valence-electron chi connectivity index (χ2n) is 3.91. The highest BCUT2D eigenvalue weighted by molar-refractivity contribution is 5.79. The maximum absolute atomic E-state index is 11.0. The molecule has 5 heteroatoms. The van der Waals surface area contributed by atoms with E-state index in [1.165, 1.54) is 0 Å². The Morgan fingerprint density at radius 2 is 2.00 bits per heavy atom. The molecule has 3 rings (SSSR count). The van der Waals surface area contributed by atoms with Gasteiger partial charge in [0.2, 0.25) is 5.88 Å². The van der Waals surface area contributed by atoms with E-state index in [0.29, 0.717) is 12.2 Å². The minimum atomic E-state index is -0.394. The van der Waals surface area contributed by atoms with Crippen LogP contribution in [-0.4, -0.2) is 19.6 Å². The molecule has 17 heavy (non-hydrogen) atoms. The number of rotatable bonds is 2. The number of hydrogen-bond donors (Lipinski definition) is 3. The SMILES string of the molecule is O=c1[nH]c(O)c(Cn2ccc3ccccc32)[nH]1. The summed E-state index contributed by atoms with van der Waals surface area (Å²) in [7, 11) is 0. The van der Waals surface area contributed by atoms with Crippen LogP contribution >= 0.6 is 0 Å². The van der Waals surface area contributed by atoms with Crippen LogP contribution in [0.4, 0.5) is 0 Å². The van der Waals surface area contributed by atoms with Crippen LogP contribution in [0, 0.1) is 0 Å². The molecule has 1 aromatic carbocycles. The van der Waals surface area contributed by atoms with Gasteiger partial charge in [-0.1, -0.05) is 18.2 Å². The van der Waals surface area contributed by atoms with E-state index in [0.717, 1.165) is 10.9 Å². The zero-order valence-electron chi connectivity index (χ0n) is 8.97. The van der Waals surface area contributed by atoms with E-state index >= 15 is 0 Å². The fourth-order valence-corrected chi connectivity index (χ4v) is 1.97. The van der Waals surface area contributed by atoms with Gasteiger partial charge in [0, 0.05) is 11.7 Å². The molecule has 2 heterocycles. The third-order valence-electron chi connectivity index (χ3n) is 2.79. The molecular weight excluding hydrogens is 218 g/mol. The molecule has 0 aliphatic rings. The van der Waals surface area contributed by atoms with Gasteiger partial charge in [0.1, 0.15) is 0 Å². The average molecular weight is 229 g/mol. The molecule has 3 aromatic rings. The first-order chi connectivity index (χ1) is 8.24. The summed E-state index contributed by atoms with van der Waals surface area (Å²) < 4.78 is 1.97. The molecular formula is C12H11N3O2. The van der Waals surface area contributed by atoms with Gasteiger partial charge in [-0.25, -0.2) is 4.79 Å². The summed E-state index contributed by atoms with van der Waals surface area (Å²) in [5, 5.41) is 10.6. The number of para-hydroxylation sites is 1. The highest BCUT2D eigenvalue weighted by Crippen LogP contribution is 2.18. The molecule has 0 unspecified atom stereocenters. The smallest absolute Gasteiger partial charge is 0.326 e. The van der Waals surface area contributed by atoms with Crippen molar-refractivity contribution in [3.05, 3.63) is 52.7 Å². The number of hydrogen-bond acceptors (Lipinski definition) is 2. The van der Waals surface area contributed by atoms with Gasteiger partial charge in [0.25, 0.3) is 0 Å². The number of nitrogens with zero attached hydrogens (tertiary/aromatic N) is 1. The van der Waals surface area contributed by atoms with E-state index in [4.69, 9.17) is 0 Å². The molecule has 0 spiro atoms. The molecule has 3 N–H and O–H groups in total. The normalized spacial score (nSPS) is 11.1. The lowest BCUT2D eigenvalue weighted by atomic mass is 10.2. The number of imidazole rings is 1. The van der Waals surface area contributed by atoms with Gasteiger partial charge >= 0.3 is 5.69 Å². The van der Waals surface area contributed by atoms with Crippen molar-refractivity contribution in [2.45, 2.75) is 6.54 Å². The summed E-state index contributed by atoms with van der Waals surface area (Å²) in [6.07, 6.45) is 1.93. The van der Waals surface area contributed by atoms with Gasteiger partial charge in [0.15, 0.2) is 0 Å². The molecule has 0 amide bonds. The number of aromatic hydroxyl groups is 1. The Balaban J connectivity index is 2.06. The number of aromatic amines is 2. The number of nitrogens with one attached hydrogen (secondary N) is 2. The standard InChI is InChI=1S/C12H11N3O2/c16-11-9(13-12(17)14-11)7-15-6-5-8-3-1-2-4-10(8)15/h1-6,16H,7H2,(H2,13,14,17). The van der Waals surface area contributed by atoms with Crippen molar-refractivity contribution in [2.24, 2.45) is 0 Å². The van der Waals surface area contributed by atoms with E-state index in [1.807, 2.05) is 41.1 Å². The molecule has 0 aliphatic heterocycles. The second-order valence-corrected chi connectivity index (χ2v) is 3.91. The number of fused-ring (bicyclic) bond motifs is 1. The maximum Gasteiger partial charge on any atom is 0.326 e. The third-order valence-corrected chi connectivity index (χ3v) is 2.79. The molecule has 2 aromatic heterocycles. The Bertz CT molecular complexity index is 721. The van der Waals surface area contributed by atoms with Gasteiger partial charge in [-0.2, -0.15) is 0 Å². The van der Waals surface area contributed by atoms with E-state index in [2.05, 4.69) is 9.97 Å². The summed E-state index contributed by atoms with van der Waals surface area (Å²) in [6.45, 7) is 0.429. The summed E-state index contributed by atoms with van der Waals surface area (Å²) >= 11 is 0. The summed E-state index contributed by atoms with van der Waals surface area (Å²) in [5.74, 6) is -0.104. The lowest BCUT2D eigenvalue weighted by Gasteiger charge is -2.03. The quantitative estimate of drug-likeness (QED) is 0.621. The van der Waals surface area contributed by atoms with Crippen molar-refractivity contribution >= 4 is 10.9 Å². The largest absolute Gasteiger partial charge is 0.493 e. The van der Waals surface area contributed by atoms with Crippen LogP contribution in [0.15, 0.2) is 41.3 Å². The van der Waals surface area contributed by atoms with Crippen molar-refractivity contribution in [1.82, 2.24) is 14.5 Å². The lowest BCUT2D eigenvalue weighted by molar-refractivity contribution is 0.447.